The van der Waals surface area contributed by atoms with Crippen LogP contribution in [0.15, 0.2) is 35.3 Å². The molecular formula is C23H24ClN5O3S. The number of hydrogen-bond acceptors (Lipinski definition) is 7. The van der Waals surface area contributed by atoms with Crippen LogP contribution in [-0.2, 0) is 22.4 Å². The van der Waals surface area contributed by atoms with Crippen molar-refractivity contribution in [1.29, 1.82) is 0 Å². The van der Waals surface area contributed by atoms with Crippen molar-refractivity contribution in [2.75, 3.05) is 32.9 Å². The summed E-state index contributed by atoms with van der Waals surface area (Å²) < 4.78 is 12.8. The highest BCUT2D eigenvalue weighted by atomic mass is 35.5. The summed E-state index contributed by atoms with van der Waals surface area (Å²) in [6, 6.07) is 9.93. The molecule has 5 rings (SSSR count). The van der Waals surface area contributed by atoms with Gasteiger partial charge in [-0.15, -0.1) is 21.5 Å². The topological polar surface area (TPSA) is 81.8 Å². The maximum atomic E-state index is 12.2. The first-order chi connectivity index (χ1) is 16.1. The number of fused-ring (bicyclic) bond motifs is 3. The van der Waals surface area contributed by atoms with E-state index in [0.29, 0.717) is 44.5 Å². The molecule has 33 heavy (non-hydrogen) atoms. The maximum absolute atomic E-state index is 12.2. The van der Waals surface area contributed by atoms with Gasteiger partial charge in [0.15, 0.2) is 5.82 Å². The number of benzene rings is 1. The Kier molecular flexibility index (Phi) is 6.43. The van der Waals surface area contributed by atoms with Crippen molar-refractivity contribution in [3.05, 3.63) is 63.0 Å². The number of ether oxygens (including phenoxy) is 2. The number of aryl methyl sites for hydroxylation is 2. The van der Waals surface area contributed by atoms with E-state index in [-0.39, 0.29) is 6.09 Å². The highest BCUT2D eigenvalue weighted by Gasteiger charge is 2.25. The molecule has 1 amide bonds. The number of thiophene rings is 1. The Labute approximate surface area is 200 Å². The van der Waals surface area contributed by atoms with E-state index in [1.165, 1.54) is 4.88 Å². The molecule has 0 radical (unpaired) electrons. The van der Waals surface area contributed by atoms with Gasteiger partial charge in [0.1, 0.15) is 17.4 Å². The Morgan fingerprint density at radius 2 is 2.03 bits per heavy atom. The monoisotopic (exact) mass is 485 g/mol. The van der Waals surface area contributed by atoms with Crippen LogP contribution < -0.4 is 0 Å². The van der Waals surface area contributed by atoms with Crippen LogP contribution in [0.1, 0.15) is 34.1 Å². The van der Waals surface area contributed by atoms with E-state index in [2.05, 4.69) is 20.8 Å². The Morgan fingerprint density at radius 1 is 1.21 bits per heavy atom. The van der Waals surface area contributed by atoms with Crippen molar-refractivity contribution < 1.29 is 14.3 Å². The van der Waals surface area contributed by atoms with Crippen LogP contribution >= 0.6 is 22.9 Å². The van der Waals surface area contributed by atoms with Crippen LogP contribution in [0.5, 0.6) is 0 Å². The molecule has 8 nitrogen and oxygen atoms in total. The summed E-state index contributed by atoms with van der Waals surface area (Å²) in [6.07, 6.45) is 1.26. The predicted molar refractivity (Wildman–Crippen MR) is 127 cm³/mol. The number of halogens is 1. The summed E-state index contributed by atoms with van der Waals surface area (Å²) in [5.74, 6) is 1.64. The first-order valence-corrected chi connectivity index (χ1v) is 12.1. The highest BCUT2D eigenvalue weighted by Crippen LogP contribution is 2.34. The molecule has 0 saturated carbocycles. The van der Waals surface area contributed by atoms with Crippen molar-refractivity contribution in [2.24, 2.45) is 4.99 Å². The average molecular weight is 486 g/mol. The van der Waals surface area contributed by atoms with Crippen LogP contribution in [0.2, 0.25) is 5.02 Å². The fourth-order valence-corrected chi connectivity index (χ4v) is 5.52. The fraction of sp³-hybridized carbons (Fsp3) is 0.391. The lowest BCUT2D eigenvalue weighted by Crippen LogP contribution is -2.41. The SMILES string of the molecule is Cc1nnc2n1-c1sc(CCCOC(=O)N3CCOCC3)cc1C(c1ccccc1Cl)=NC2. The molecule has 1 fully saturated rings. The van der Waals surface area contributed by atoms with Gasteiger partial charge in [-0.1, -0.05) is 29.8 Å². The normalized spacial score (nSPS) is 15.5. The van der Waals surface area contributed by atoms with Gasteiger partial charge in [-0.2, -0.15) is 0 Å². The average Bonchev–Trinajstić information content (AvgIpc) is 3.37. The largest absolute Gasteiger partial charge is 0.449 e. The molecule has 1 aromatic carbocycles. The van der Waals surface area contributed by atoms with Crippen molar-refractivity contribution >= 4 is 34.7 Å². The molecule has 2 aliphatic heterocycles. The van der Waals surface area contributed by atoms with Crippen LogP contribution in [0, 0.1) is 6.92 Å². The van der Waals surface area contributed by atoms with Crippen LogP contribution in [0.3, 0.4) is 0 Å². The number of morpholine rings is 1. The summed E-state index contributed by atoms with van der Waals surface area (Å²) in [5, 5.41) is 10.3. The third-order valence-corrected chi connectivity index (χ3v) is 7.19. The van der Waals surface area contributed by atoms with Gasteiger partial charge in [0.25, 0.3) is 0 Å². The molecule has 2 aliphatic rings. The quantitative estimate of drug-likeness (QED) is 0.509. The molecule has 0 atom stereocenters. The standard InChI is InChI=1S/C23H24ClN5O3S/c1-15-26-27-20-14-25-21(17-6-2-3-7-19(17)24)18-13-16(33-22(18)29(15)20)5-4-10-32-23(30)28-8-11-31-12-9-28/h2-3,6-7,13H,4-5,8-12,14H2,1H3. The summed E-state index contributed by atoms with van der Waals surface area (Å²) in [6.45, 7) is 5.07. The summed E-state index contributed by atoms with van der Waals surface area (Å²) in [4.78, 5) is 19.9. The number of rotatable bonds is 5. The molecule has 0 bridgehead atoms. The second-order valence-electron chi connectivity index (χ2n) is 7.89. The summed E-state index contributed by atoms with van der Waals surface area (Å²) >= 11 is 8.22. The number of aromatic nitrogens is 3. The lowest BCUT2D eigenvalue weighted by molar-refractivity contribution is 0.0270. The van der Waals surface area contributed by atoms with E-state index in [1.54, 1.807) is 16.2 Å². The summed E-state index contributed by atoms with van der Waals surface area (Å²) in [7, 11) is 0. The van der Waals surface area contributed by atoms with E-state index in [0.717, 1.165) is 46.3 Å². The molecule has 0 unspecified atom stereocenters. The number of carbonyl (C=O) groups excluding carboxylic acids is 1. The van der Waals surface area contributed by atoms with E-state index in [4.69, 9.17) is 26.1 Å². The van der Waals surface area contributed by atoms with Gasteiger partial charge in [0.05, 0.1) is 25.5 Å². The zero-order valence-corrected chi connectivity index (χ0v) is 19.9. The van der Waals surface area contributed by atoms with E-state index in [9.17, 15) is 4.79 Å². The second kappa shape index (κ2) is 9.62. The van der Waals surface area contributed by atoms with Gasteiger partial charge in [-0.25, -0.2) is 4.79 Å². The van der Waals surface area contributed by atoms with Crippen LogP contribution in [0.25, 0.3) is 5.00 Å². The van der Waals surface area contributed by atoms with Crippen molar-refractivity contribution in [1.82, 2.24) is 19.7 Å². The van der Waals surface area contributed by atoms with Gasteiger partial charge in [-0.3, -0.25) is 9.56 Å². The van der Waals surface area contributed by atoms with Crippen LogP contribution in [-0.4, -0.2) is 64.4 Å². The molecule has 10 heteroatoms. The minimum absolute atomic E-state index is 0.266. The second-order valence-corrected chi connectivity index (χ2v) is 9.41. The third-order valence-electron chi connectivity index (χ3n) is 5.68. The zero-order valence-electron chi connectivity index (χ0n) is 18.3. The van der Waals surface area contributed by atoms with Crippen molar-refractivity contribution in [2.45, 2.75) is 26.3 Å². The molecule has 172 valence electrons. The lowest BCUT2D eigenvalue weighted by Gasteiger charge is -2.25. The van der Waals surface area contributed by atoms with E-state index in [1.807, 2.05) is 31.2 Å². The molecule has 0 spiro atoms. The minimum Gasteiger partial charge on any atom is -0.449 e. The number of amides is 1. The summed E-state index contributed by atoms with van der Waals surface area (Å²) in [5.41, 5.74) is 2.79. The highest BCUT2D eigenvalue weighted by molar-refractivity contribution is 7.15. The molecule has 1 saturated heterocycles. The lowest BCUT2D eigenvalue weighted by atomic mass is 10.0. The maximum Gasteiger partial charge on any atom is 0.409 e. The third kappa shape index (κ3) is 4.53. The Bertz CT molecular complexity index is 1200. The number of aliphatic imine (C=N–C) groups is 1. The minimum atomic E-state index is -0.266. The Morgan fingerprint density at radius 3 is 2.85 bits per heavy atom. The molecule has 2 aromatic heterocycles. The van der Waals surface area contributed by atoms with E-state index < -0.39 is 0 Å². The molecule has 3 aromatic rings. The van der Waals surface area contributed by atoms with Gasteiger partial charge >= 0.3 is 6.09 Å². The number of hydrogen-bond donors (Lipinski definition) is 0. The van der Waals surface area contributed by atoms with E-state index >= 15 is 0 Å². The fourth-order valence-electron chi connectivity index (χ4n) is 4.02. The molecule has 4 heterocycles. The van der Waals surface area contributed by atoms with Gasteiger partial charge in [-0.05, 0) is 31.9 Å². The number of nitrogens with zero attached hydrogens (tertiary/aromatic N) is 5. The first kappa shape index (κ1) is 22.1. The Hall–Kier alpha value is -2.75. The smallest absolute Gasteiger partial charge is 0.409 e. The molecule has 0 aliphatic carbocycles. The molecule has 0 N–H and O–H groups in total. The van der Waals surface area contributed by atoms with Gasteiger partial charge < -0.3 is 14.4 Å². The van der Waals surface area contributed by atoms with Gasteiger partial charge in [0, 0.05) is 34.1 Å². The van der Waals surface area contributed by atoms with Gasteiger partial charge in [0.2, 0.25) is 0 Å². The zero-order chi connectivity index (χ0) is 22.8. The predicted octanol–water partition coefficient (Wildman–Crippen LogP) is 4.04. The van der Waals surface area contributed by atoms with Crippen LogP contribution in [0.4, 0.5) is 4.79 Å². The Balaban J connectivity index is 1.35. The number of carbonyl (C=O) groups is 1. The molecular weight excluding hydrogens is 462 g/mol. The first-order valence-electron chi connectivity index (χ1n) is 10.9. The van der Waals surface area contributed by atoms with Crippen molar-refractivity contribution in [3.63, 3.8) is 0 Å². The van der Waals surface area contributed by atoms with Crippen molar-refractivity contribution in [3.8, 4) is 5.00 Å².